The molecular formula is C16H28O4. The van der Waals surface area contributed by atoms with Crippen LogP contribution in [0.4, 0.5) is 0 Å². The van der Waals surface area contributed by atoms with Crippen molar-refractivity contribution in [3.05, 3.63) is 0 Å². The molecule has 0 aromatic carbocycles. The van der Waals surface area contributed by atoms with Gasteiger partial charge in [0.15, 0.2) is 0 Å². The summed E-state index contributed by atoms with van der Waals surface area (Å²) in [4.78, 5) is 23.4. The van der Waals surface area contributed by atoms with Gasteiger partial charge in [0.05, 0.1) is 17.9 Å². The van der Waals surface area contributed by atoms with Crippen LogP contribution >= 0.6 is 0 Å². The summed E-state index contributed by atoms with van der Waals surface area (Å²) in [6, 6.07) is 0. The molecule has 0 bridgehead atoms. The lowest BCUT2D eigenvalue weighted by Gasteiger charge is -2.18. The lowest BCUT2D eigenvalue weighted by atomic mass is 10.0. The van der Waals surface area contributed by atoms with Gasteiger partial charge in [0.1, 0.15) is 6.10 Å². The second-order valence-corrected chi connectivity index (χ2v) is 6.22. The molecule has 1 aliphatic carbocycles. The van der Waals surface area contributed by atoms with Gasteiger partial charge in [-0.15, -0.1) is 0 Å². The van der Waals surface area contributed by atoms with Gasteiger partial charge in [0.25, 0.3) is 0 Å². The normalized spacial score (nSPS) is 18.9. The molecule has 0 N–H and O–H groups in total. The van der Waals surface area contributed by atoms with E-state index in [9.17, 15) is 9.59 Å². The van der Waals surface area contributed by atoms with Gasteiger partial charge in [-0.25, -0.2) is 0 Å². The molecule has 20 heavy (non-hydrogen) atoms. The average molecular weight is 284 g/mol. The Hall–Kier alpha value is -1.06. The fraction of sp³-hybridized carbons (Fsp3) is 0.875. The van der Waals surface area contributed by atoms with Crippen LogP contribution in [0.2, 0.25) is 0 Å². The summed E-state index contributed by atoms with van der Waals surface area (Å²) in [5.74, 6) is -0.532. The molecule has 0 amide bonds. The molecule has 0 aromatic heterocycles. The average Bonchev–Trinajstić information content (AvgIpc) is 2.88. The second-order valence-electron chi connectivity index (χ2n) is 6.22. The third-order valence-corrected chi connectivity index (χ3v) is 3.78. The SMILES string of the molecule is CC(CCC(C)C(=O)OC1CCCC1)OC(=O)C(C)C. The number of carbonyl (C=O) groups excluding carboxylic acids is 2. The van der Waals surface area contributed by atoms with Crippen LogP contribution in [0.15, 0.2) is 0 Å². The highest BCUT2D eigenvalue weighted by molar-refractivity contribution is 5.72. The van der Waals surface area contributed by atoms with Gasteiger partial charge in [-0.3, -0.25) is 9.59 Å². The minimum absolute atomic E-state index is 0.109. The molecule has 0 aromatic rings. The van der Waals surface area contributed by atoms with Crippen molar-refractivity contribution >= 4 is 11.9 Å². The third kappa shape index (κ3) is 5.93. The molecule has 0 aliphatic heterocycles. The quantitative estimate of drug-likeness (QED) is 0.672. The van der Waals surface area contributed by atoms with E-state index in [2.05, 4.69) is 0 Å². The highest BCUT2D eigenvalue weighted by Crippen LogP contribution is 2.23. The van der Waals surface area contributed by atoms with E-state index in [4.69, 9.17) is 9.47 Å². The Labute approximate surface area is 122 Å². The fourth-order valence-electron chi connectivity index (χ4n) is 2.28. The Bertz CT molecular complexity index is 318. The van der Waals surface area contributed by atoms with E-state index in [0.29, 0.717) is 12.8 Å². The van der Waals surface area contributed by atoms with Crippen molar-refractivity contribution in [2.45, 2.75) is 78.4 Å². The van der Waals surface area contributed by atoms with Crippen LogP contribution in [0.1, 0.15) is 66.2 Å². The minimum atomic E-state index is -0.182. The second kappa shape index (κ2) is 8.28. The zero-order valence-corrected chi connectivity index (χ0v) is 13.2. The molecule has 2 atom stereocenters. The van der Waals surface area contributed by atoms with Crippen molar-refractivity contribution in [1.82, 2.24) is 0 Å². The maximum absolute atomic E-state index is 11.9. The molecule has 1 fully saturated rings. The molecule has 0 heterocycles. The van der Waals surface area contributed by atoms with Gasteiger partial charge >= 0.3 is 11.9 Å². The van der Waals surface area contributed by atoms with Gasteiger partial charge in [-0.2, -0.15) is 0 Å². The van der Waals surface area contributed by atoms with E-state index >= 15 is 0 Å². The van der Waals surface area contributed by atoms with Crippen LogP contribution in [0.25, 0.3) is 0 Å². The lowest BCUT2D eigenvalue weighted by Crippen LogP contribution is -2.23. The van der Waals surface area contributed by atoms with E-state index in [0.717, 1.165) is 25.7 Å². The number of ether oxygens (including phenoxy) is 2. The van der Waals surface area contributed by atoms with Crippen molar-refractivity contribution in [1.29, 1.82) is 0 Å². The highest BCUT2D eigenvalue weighted by Gasteiger charge is 2.23. The summed E-state index contributed by atoms with van der Waals surface area (Å²) in [6.07, 6.45) is 5.69. The maximum atomic E-state index is 11.9. The fourth-order valence-corrected chi connectivity index (χ4v) is 2.28. The van der Waals surface area contributed by atoms with Crippen molar-refractivity contribution in [2.24, 2.45) is 11.8 Å². The Morgan fingerprint density at radius 2 is 1.60 bits per heavy atom. The number of esters is 2. The Kier molecular flexibility index (Phi) is 7.03. The summed E-state index contributed by atoms with van der Waals surface area (Å²) >= 11 is 0. The lowest BCUT2D eigenvalue weighted by molar-refractivity contribution is -0.154. The summed E-state index contributed by atoms with van der Waals surface area (Å²) in [5, 5.41) is 0. The first-order valence-corrected chi connectivity index (χ1v) is 7.81. The first-order chi connectivity index (χ1) is 9.40. The smallest absolute Gasteiger partial charge is 0.308 e. The number of hydrogen-bond donors (Lipinski definition) is 0. The van der Waals surface area contributed by atoms with E-state index < -0.39 is 0 Å². The molecule has 116 valence electrons. The zero-order chi connectivity index (χ0) is 15.1. The van der Waals surface area contributed by atoms with Gasteiger partial charge in [0.2, 0.25) is 0 Å². The van der Waals surface area contributed by atoms with Crippen molar-refractivity contribution in [2.75, 3.05) is 0 Å². The number of carbonyl (C=O) groups is 2. The molecule has 4 heteroatoms. The minimum Gasteiger partial charge on any atom is -0.462 e. The van der Waals surface area contributed by atoms with Crippen molar-refractivity contribution in [3.63, 3.8) is 0 Å². The zero-order valence-electron chi connectivity index (χ0n) is 13.2. The summed E-state index contributed by atoms with van der Waals surface area (Å²) in [7, 11) is 0. The summed E-state index contributed by atoms with van der Waals surface area (Å²) in [6.45, 7) is 7.39. The van der Waals surface area contributed by atoms with Crippen LogP contribution in [0.3, 0.4) is 0 Å². The van der Waals surface area contributed by atoms with Crippen LogP contribution in [0, 0.1) is 11.8 Å². The third-order valence-electron chi connectivity index (χ3n) is 3.78. The van der Waals surface area contributed by atoms with Gasteiger partial charge in [-0.1, -0.05) is 20.8 Å². The van der Waals surface area contributed by atoms with Crippen molar-refractivity contribution < 1.29 is 19.1 Å². The Balaban J connectivity index is 2.22. The largest absolute Gasteiger partial charge is 0.462 e. The number of rotatable bonds is 7. The maximum Gasteiger partial charge on any atom is 0.308 e. The first-order valence-electron chi connectivity index (χ1n) is 7.81. The molecule has 2 unspecified atom stereocenters. The predicted molar refractivity (Wildman–Crippen MR) is 77.1 cm³/mol. The van der Waals surface area contributed by atoms with Crippen LogP contribution in [-0.2, 0) is 19.1 Å². The molecule has 0 saturated heterocycles. The van der Waals surface area contributed by atoms with E-state index in [1.54, 1.807) is 0 Å². The van der Waals surface area contributed by atoms with E-state index in [1.807, 2.05) is 27.7 Å². The van der Waals surface area contributed by atoms with Gasteiger partial charge in [-0.05, 0) is 45.4 Å². The molecule has 1 rings (SSSR count). The first kappa shape index (κ1) is 17.0. The van der Waals surface area contributed by atoms with E-state index in [1.165, 1.54) is 0 Å². The van der Waals surface area contributed by atoms with Crippen molar-refractivity contribution in [3.8, 4) is 0 Å². The molecule has 1 aliphatic rings. The molecule has 1 saturated carbocycles. The number of hydrogen-bond acceptors (Lipinski definition) is 4. The standard InChI is InChI=1S/C16H28O4/c1-11(2)15(17)19-13(4)10-9-12(3)16(18)20-14-7-5-6-8-14/h11-14H,5-10H2,1-4H3. The molecular weight excluding hydrogens is 256 g/mol. The highest BCUT2D eigenvalue weighted by atomic mass is 16.5. The Morgan fingerprint density at radius 3 is 2.15 bits per heavy atom. The Morgan fingerprint density at radius 1 is 1.00 bits per heavy atom. The van der Waals surface area contributed by atoms with Crippen LogP contribution in [0.5, 0.6) is 0 Å². The predicted octanol–water partition coefficient (Wildman–Crippen LogP) is 3.48. The van der Waals surface area contributed by atoms with Gasteiger partial charge in [0, 0.05) is 0 Å². The summed E-state index contributed by atoms with van der Waals surface area (Å²) in [5.41, 5.74) is 0. The molecule has 4 nitrogen and oxygen atoms in total. The van der Waals surface area contributed by atoms with E-state index in [-0.39, 0.29) is 36.0 Å². The summed E-state index contributed by atoms with van der Waals surface area (Å²) < 4.78 is 10.8. The van der Waals surface area contributed by atoms with Gasteiger partial charge < -0.3 is 9.47 Å². The van der Waals surface area contributed by atoms with Crippen LogP contribution in [-0.4, -0.2) is 24.1 Å². The van der Waals surface area contributed by atoms with Crippen LogP contribution < -0.4 is 0 Å². The monoisotopic (exact) mass is 284 g/mol. The topological polar surface area (TPSA) is 52.6 Å². The molecule has 0 spiro atoms. The molecule has 0 radical (unpaired) electrons.